The number of aliphatic hydroxyl groups is 1. The van der Waals surface area contributed by atoms with Gasteiger partial charge in [-0.25, -0.2) is 4.79 Å². The largest absolute Gasteiger partial charge is 0.465 e. The molecule has 0 aliphatic carbocycles. The number of rotatable bonds is 3. The molecular formula is C15H22N2O4. The topological polar surface area (TPSA) is 85.0 Å². The van der Waals surface area contributed by atoms with Crippen LogP contribution in [0.25, 0.3) is 0 Å². The molecule has 1 unspecified atom stereocenters. The van der Waals surface area contributed by atoms with E-state index in [4.69, 9.17) is 15.2 Å². The standard InChI is InChI=1S/C15H22N2O4/c1-15(2)9-17(7-11(8-18)21-15)13-6-10(14(19)20-3)4-5-12(13)16/h4-6,11,18H,7-9,16H2,1-3H3. The third kappa shape index (κ3) is 3.46. The molecule has 0 spiro atoms. The number of morpholine rings is 1. The number of hydrogen-bond donors (Lipinski definition) is 2. The summed E-state index contributed by atoms with van der Waals surface area (Å²) in [7, 11) is 1.35. The Balaban J connectivity index is 2.33. The lowest BCUT2D eigenvalue weighted by Gasteiger charge is -2.43. The average Bonchev–Trinajstić information content (AvgIpc) is 2.45. The van der Waals surface area contributed by atoms with Crippen LogP contribution in [0.3, 0.4) is 0 Å². The van der Waals surface area contributed by atoms with Crippen molar-refractivity contribution < 1.29 is 19.4 Å². The fourth-order valence-electron chi connectivity index (χ4n) is 2.64. The number of esters is 1. The van der Waals surface area contributed by atoms with Crippen LogP contribution in [0.1, 0.15) is 24.2 Å². The number of nitrogens with zero attached hydrogens (tertiary/aromatic N) is 1. The van der Waals surface area contributed by atoms with Crippen LogP contribution in [0.4, 0.5) is 11.4 Å². The van der Waals surface area contributed by atoms with Crippen molar-refractivity contribution in [1.29, 1.82) is 0 Å². The summed E-state index contributed by atoms with van der Waals surface area (Å²) >= 11 is 0. The molecule has 1 fully saturated rings. The van der Waals surface area contributed by atoms with Gasteiger partial charge in [0.05, 0.1) is 42.4 Å². The molecule has 1 aliphatic heterocycles. The number of carbonyl (C=O) groups excluding carboxylic acids is 1. The molecule has 0 aromatic heterocycles. The fourth-order valence-corrected chi connectivity index (χ4v) is 2.64. The lowest BCUT2D eigenvalue weighted by atomic mass is 10.0. The van der Waals surface area contributed by atoms with Gasteiger partial charge in [-0.05, 0) is 32.0 Å². The average molecular weight is 294 g/mol. The Morgan fingerprint density at radius 2 is 2.29 bits per heavy atom. The van der Waals surface area contributed by atoms with E-state index in [1.165, 1.54) is 7.11 Å². The number of anilines is 2. The molecule has 1 saturated heterocycles. The van der Waals surface area contributed by atoms with Crippen LogP contribution < -0.4 is 10.6 Å². The lowest BCUT2D eigenvalue weighted by Crippen LogP contribution is -2.54. The van der Waals surface area contributed by atoms with Gasteiger partial charge in [-0.15, -0.1) is 0 Å². The molecule has 6 nitrogen and oxygen atoms in total. The Kier molecular flexibility index (Phi) is 4.39. The highest BCUT2D eigenvalue weighted by Gasteiger charge is 2.34. The first kappa shape index (κ1) is 15.6. The maximum absolute atomic E-state index is 11.7. The van der Waals surface area contributed by atoms with Gasteiger partial charge in [0, 0.05) is 13.1 Å². The fraction of sp³-hybridized carbons (Fsp3) is 0.533. The minimum absolute atomic E-state index is 0.0590. The van der Waals surface area contributed by atoms with E-state index in [0.717, 1.165) is 5.69 Å². The number of aliphatic hydroxyl groups excluding tert-OH is 1. The van der Waals surface area contributed by atoms with E-state index < -0.39 is 11.6 Å². The molecule has 0 radical (unpaired) electrons. The van der Waals surface area contributed by atoms with Gasteiger partial charge in [0.25, 0.3) is 0 Å². The van der Waals surface area contributed by atoms with Gasteiger partial charge in [-0.1, -0.05) is 0 Å². The first-order valence-corrected chi connectivity index (χ1v) is 6.88. The molecule has 1 aliphatic rings. The van der Waals surface area contributed by atoms with Crippen LogP contribution in [0, 0.1) is 0 Å². The molecule has 21 heavy (non-hydrogen) atoms. The Morgan fingerprint density at radius 1 is 1.57 bits per heavy atom. The second-order valence-electron chi connectivity index (χ2n) is 5.83. The van der Waals surface area contributed by atoms with E-state index in [0.29, 0.717) is 24.3 Å². The molecule has 116 valence electrons. The Morgan fingerprint density at radius 3 is 2.90 bits per heavy atom. The third-order valence-electron chi connectivity index (χ3n) is 3.48. The highest BCUT2D eigenvalue weighted by atomic mass is 16.5. The van der Waals surface area contributed by atoms with E-state index in [9.17, 15) is 9.90 Å². The number of methoxy groups -OCH3 is 1. The summed E-state index contributed by atoms with van der Waals surface area (Å²) in [5.74, 6) is -0.400. The molecule has 1 aromatic carbocycles. The molecular weight excluding hydrogens is 272 g/mol. The van der Waals surface area contributed by atoms with Gasteiger partial charge in [0.2, 0.25) is 0 Å². The van der Waals surface area contributed by atoms with Gasteiger partial charge in [0.15, 0.2) is 0 Å². The minimum atomic E-state index is -0.403. The number of ether oxygens (including phenoxy) is 2. The van der Waals surface area contributed by atoms with Crippen molar-refractivity contribution in [2.45, 2.75) is 25.6 Å². The van der Waals surface area contributed by atoms with Gasteiger partial charge in [-0.2, -0.15) is 0 Å². The van der Waals surface area contributed by atoms with Crippen molar-refractivity contribution in [3.63, 3.8) is 0 Å². The van der Waals surface area contributed by atoms with Gasteiger partial charge in [-0.3, -0.25) is 0 Å². The van der Waals surface area contributed by atoms with Crippen LogP contribution in [-0.4, -0.2) is 49.6 Å². The molecule has 2 rings (SSSR count). The van der Waals surface area contributed by atoms with Gasteiger partial charge in [0.1, 0.15) is 0 Å². The monoisotopic (exact) mass is 294 g/mol. The van der Waals surface area contributed by atoms with Crippen molar-refractivity contribution in [2.24, 2.45) is 0 Å². The number of benzene rings is 1. The van der Waals surface area contributed by atoms with Crippen LogP contribution >= 0.6 is 0 Å². The Bertz CT molecular complexity index is 530. The van der Waals surface area contributed by atoms with Crippen molar-refractivity contribution in [2.75, 3.05) is 37.4 Å². The summed E-state index contributed by atoms with van der Waals surface area (Å²) in [5, 5.41) is 9.38. The summed E-state index contributed by atoms with van der Waals surface area (Å²) in [6.07, 6.45) is -0.282. The normalized spacial score (nSPS) is 21.1. The molecule has 1 heterocycles. The number of nitrogens with two attached hydrogens (primary N) is 1. The second-order valence-corrected chi connectivity index (χ2v) is 5.83. The molecule has 0 amide bonds. The van der Waals surface area contributed by atoms with Crippen LogP contribution in [0.15, 0.2) is 18.2 Å². The highest BCUT2D eigenvalue weighted by Crippen LogP contribution is 2.31. The van der Waals surface area contributed by atoms with E-state index in [1.807, 2.05) is 18.7 Å². The maximum Gasteiger partial charge on any atom is 0.337 e. The van der Waals surface area contributed by atoms with Crippen LogP contribution in [0.5, 0.6) is 0 Å². The summed E-state index contributed by atoms with van der Waals surface area (Å²) in [5.41, 5.74) is 7.43. The molecule has 3 N–H and O–H groups in total. The lowest BCUT2D eigenvalue weighted by molar-refractivity contribution is -0.100. The third-order valence-corrected chi connectivity index (χ3v) is 3.48. The van der Waals surface area contributed by atoms with E-state index in [-0.39, 0.29) is 12.7 Å². The number of nitrogen functional groups attached to an aromatic ring is 1. The van der Waals surface area contributed by atoms with E-state index in [1.54, 1.807) is 18.2 Å². The SMILES string of the molecule is COC(=O)c1ccc(N)c(N2CC(CO)OC(C)(C)C2)c1. The predicted molar refractivity (Wildman–Crippen MR) is 80.4 cm³/mol. The molecule has 1 atom stereocenters. The Labute approximate surface area is 124 Å². The molecule has 0 bridgehead atoms. The first-order chi connectivity index (χ1) is 9.86. The zero-order chi connectivity index (χ0) is 15.6. The van der Waals surface area contributed by atoms with Crippen molar-refractivity contribution in [1.82, 2.24) is 0 Å². The second kappa shape index (κ2) is 5.91. The predicted octanol–water partition coefficient (Wildman–Crippen LogP) is 1.03. The summed E-state index contributed by atoms with van der Waals surface area (Å²) < 4.78 is 10.5. The summed E-state index contributed by atoms with van der Waals surface area (Å²) in [4.78, 5) is 13.7. The zero-order valence-corrected chi connectivity index (χ0v) is 12.6. The molecule has 1 aromatic rings. The van der Waals surface area contributed by atoms with Crippen molar-refractivity contribution in [3.05, 3.63) is 23.8 Å². The van der Waals surface area contributed by atoms with Crippen LogP contribution in [-0.2, 0) is 9.47 Å². The molecule has 6 heteroatoms. The number of carbonyl (C=O) groups is 1. The maximum atomic E-state index is 11.7. The Hall–Kier alpha value is -1.79. The summed E-state index contributed by atoms with van der Waals surface area (Å²) in [6, 6.07) is 5.05. The molecule has 0 saturated carbocycles. The first-order valence-electron chi connectivity index (χ1n) is 6.88. The van der Waals surface area contributed by atoms with Crippen LogP contribution in [0.2, 0.25) is 0 Å². The van der Waals surface area contributed by atoms with Crippen molar-refractivity contribution in [3.8, 4) is 0 Å². The highest BCUT2D eigenvalue weighted by molar-refractivity contribution is 5.92. The van der Waals surface area contributed by atoms with Gasteiger partial charge < -0.3 is 25.2 Å². The van der Waals surface area contributed by atoms with Crippen molar-refractivity contribution >= 4 is 17.3 Å². The quantitative estimate of drug-likeness (QED) is 0.640. The minimum Gasteiger partial charge on any atom is -0.465 e. The van der Waals surface area contributed by atoms with Gasteiger partial charge >= 0.3 is 5.97 Å². The number of hydrogen-bond acceptors (Lipinski definition) is 6. The van der Waals surface area contributed by atoms with E-state index >= 15 is 0 Å². The zero-order valence-electron chi connectivity index (χ0n) is 12.6. The smallest absolute Gasteiger partial charge is 0.337 e. The van der Waals surface area contributed by atoms with E-state index in [2.05, 4.69) is 0 Å². The summed E-state index contributed by atoms with van der Waals surface area (Å²) in [6.45, 7) is 5.01.